The molecule has 1 aliphatic rings. The van der Waals surface area contributed by atoms with E-state index in [2.05, 4.69) is 20.6 Å². The lowest BCUT2D eigenvalue weighted by atomic mass is 9.92. The van der Waals surface area contributed by atoms with Crippen LogP contribution in [0.25, 0.3) is 16.6 Å². The van der Waals surface area contributed by atoms with Crippen molar-refractivity contribution < 1.29 is 19.1 Å². The van der Waals surface area contributed by atoms with Crippen molar-refractivity contribution in [1.29, 1.82) is 0 Å². The lowest BCUT2D eigenvalue weighted by Gasteiger charge is -2.37. The number of hydrogen-bond acceptors (Lipinski definition) is 7. The molecule has 0 saturated carbocycles. The zero-order valence-electron chi connectivity index (χ0n) is 20.0. The summed E-state index contributed by atoms with van der Waals surface area (Å²) in [5, 5.41) is 6.09. The van der Waals surface area contributed by atoms with Gasteiger partial charge in [0, 0.05) is 38.2 Å². The summed E-state index contributed by atoms with van der Waals surface area (Å²) in [6.45, 7) is 3.69. The van der Waals surface area contributed by atoms with E-state index in [0.717, 1.165) is 11.0 Å². The van der Waals surface area contributed by atoms with E-state index in [0.29, 0.717) is 40.8 Å². The fourth-order valence-electron chi connectivity index (χ4n) is 4.26. The Hall–Kier alpha value is -4.01. The number of nitrogens with one attached hydrogen (secondary N) is 3. The van der Waals surface area contributed by atoms with Gasteiger partial charge in [-0.25, -0.2) is 4.98 Å². The van der Waals surface area contributed by atoms with Crippen LogP contribution >= 0.6 is 0 Å². The second-order valence-corrected chi connectivity index (χ2v) is 8.22. The van der Waals surface area contributed by atoms with Crippen molar-refractivity contribution in [3.05, 3.63) is 54.1 Å². The molecule has 1 unspecified atom stereocenters. The predicted molar refractivity (Wildman–Crippen MR) is 131 cm³/mol. The number of hydrogen-bond donors (Lipinski definition) is 3. The minimum atomic E-state index is -1.13. The second kappa shape index (κ2) is 9.09. The number of ketones is 1. The molecule has 178 valence electrons. The topological polar surface area (TPSA) is 109 Å². The van der Waals surface area contributed by atoms with E-state index >= 15 is 0 Å². The summed E-state index contributed by atoms with van der Waals surface area (Å²) in [5.41, 5.74) is 1.54. The Bertz CT molecular complexity index is 1230. The van der Waals surface area contributed by atoms with Crippen molar-refractivity contribution in [3.63, 3.8) is 0 Å². The van der Waals surface area contributed by atoms with Crippen LogP contribution in [0.3, 0.4) is 0 Å². The number of imidazole rings is 1. The van der Waals surface area contributed by atoms with Gasteiger partial charge in [-0.15, -0.1) is 0 Å². The number of fused-ring (bicyclic) bond motifs is 1. The van der Waals surface area contributed by atoms with E-state index in [9.17, 15) is 9.59 Å². The van der Waals surface area contributed by atoms with Gasteiger partial charge in [0.15, 0.2) is 5.78 Å². The lowest BCUT2D eigenvalue weighted by molar-refractivity contribution is -0.121. The maximum Gasteiger partial charge on any atom is 0.219 e. The first-order valence-corrected chi connectivity index (χ1v) is 11.1. The van der Waals surface area contributed by atoms with Crippen LogP contribution < -0.4 is 25.0 Å². The third-order valence-corrected chi connectivity index (χ3v) is 6.08. The van der Waals surface area contributed by atoms with E-state index in [1.807, 2.05) is 48.2 Å². The fourth-order valence-corrected chi connectivity index (χ4v) is 4.26. The summed E-state index contributed by atoms with van der Waals surface area (Å²) < 4.78 is 10.9. The smallest absolute Gasteiger partial charge is 0.219 e. The van der Waals surface area contributed by atoms with Crippen LogP contribution in [0.1, 0.15) is 26.1 Å². The van der Waals surface area contributed by atoms with Crippen molar-refractivity contribution in [2.24, 2.45) is 0 Å². The molecule has 3 aromatic rings. The van der Waals surface area contributed by atoms with Gasteiger partial charge in [-0.3, -0.25) is 9.59 Å². The number of nitrogens with zero attached hydrogens (tertiary/aromatic N) is 2. The van der Waals surface area contributed by atoms with Gasteiger partial charge in [0.2, 0.25) is 5.91 Å². The van der Waals surface area contributed by atoms with Gasteiger partial charge in [-0.1, -0.05) is 19.1 Å². The highest BCUT2D eigenvalue weighted by molar-refractivity contribution is 6.30. The fraction of sp³-hybridized carbons (Fsp3) is 0.320. The van der Waals surface area contributed by atoms with Crippen LogP contribution in [-0.2, 0) is 9.59 Å². The molecule has 3 N–H and O–H groups in total. The molecule has 0 saturated heterocycles. The number of Topliss-reactive ketones (excluding diaryl/α,β-unsaturated/α-hetero) is 1. The SMILES string of the molecule is CCC(=O)NCC1(C)C(=O)C(c2nc3ccccc3[nH]2)=C(NC)N1c1cc(OC)cc(OC)c1. The quantitative estimate of drug-likeness (QED) is 0.471. The number of para-hydroxylation sites is 2. The zero-order chi connectivity index (χ0) is 24.5. The Morgan fingerprint density at radius 1 is 1.15 bits per heavy atom. The molecule has 9 heteroatoms. The molecule has 2 heterocycles. The highest BCUT2D eigenvalue weighted by atomic mass is 16.5. The summed E-state index contributed by atoms with van der Waals surface area (Å²) in [6, 6.07) is 13.0. The number of methoxy groups -OCH3 is 2. The van der Waals surface area contributed by atoms with Gasteiger partial charge < -0.3 is 30.0 Å². The largest absolute Gasteiger partial charge is 0.497 e. The molecule has 0 bridgehead atoms. The van der Waals surface area contributed by atoms with Crippen molar-refractivity contribution in [3.8, 4) is 11.5 Å². The first-order chi connectivity index (χ1) is 16.4. The molecule has 2 aromatic carbocycles. The third-order valence-electron chi connectivity index (χ3n) is 6.08. The molecule has 1 atom stereocenters. The molecular weight excluding hydrogens is 434 g/mol. The van der Waals surface area contributed by atoms with Crippen LogP contribution in [0.4, 0.5) is 5.69 Å². The Morgan fingerprint density at radius 3 is 2.41 bits per heavy atom. The molecular formula is C25H29N5O4. The first kappa shape index (κ1) is 23.2. The Kier molecular flexibility index (Phi) is 6.19. The van der Waals surface area contributed by atoms with Crippen LogP contribution in [0.2, 0.25) is 0 Å². The average Bonchev–Trinajstić information content (AvgIpc) is 3.38. The minimum absolute atomic E-state index is 0.104. The molecule has 34 heavy (non-hydrogen) atoms. The highest BCUT2D eigenvalue weighted by Gasteiger charge is 2.51. The summed E-state index contributed by atoms with van der Waals surface area (Å²) in [4.78, 5) is 36.0. The maximum absolute atomic E-state index is 14.1. The van der Waals surface area contributed by atoms with E-state index in [1.165, 1.54) is 0 Å². The molecule has 0 spiro atoms. The van der Waals surface area contributed by atoms with Crippen LogP contribution in [-0.4, -0.2) is 55.0 Å². The van der Waals surface area contributed by atoms with Gasteiger partial charge >= 0.3 is 0 Å². The summed E-state index contributed by atoms with van der Waals surface area (Å²) in [6.07, 6.45) is 0.319. The van der Waals surface area contributed by atoms with Crippen molar-refractivity contribution in [2.75, 3.05) is 32.7 Å². The lowest BCUT2D eigenvalue weighted by Crippen LogP contribution is -2.56. The first-order valence-electron chi connectivity index (χ1n) is 11.1. The van der Waals surface area contributed by atoms with Gasteiger partial charge in [0.1, 0.15) is 34.3 Å². The number of rotatable bonds is 8. The zero-order valence-corrected chi connectivity index (χ0v) is 20.0. The molecule has 1 amide bonds. The van der Waals surface area contributed by atoms with Crippen LogP contribution in [0.5, 0.6) is 11.5 Å². The monoisotopic (exact) mass is 463 g/mol. The number of anilines is 1. The average molecular weight is 464 g/mol. The predicted octanol–water partition coefficient (Wildman–Crippen LogP) is 2.84. The standard InChI is InChI=1S/C25H29N5O4/c1-6-20(31)27-14-25(2)22(32)21(23-28-18-9-7-8-10-19(18)29-23)24(26-3)30(25)15-11-16(33-4)13-17(12-15)34-5/h7-13,26H,6,14H2,1-5H3,(H,27,31)(H,28,29). The number of ether oxygens (including phenoxy) is 2. The van der Waals surface area contributed by atoms with Crippen LogP contribution in [0, 0.1) is 0 Å². The third kappa shape index (κ3) is 3.83. The molecule has 0 fully saturated rings. The second-order valence-electron chi connectivity index (χ2n) is 8.22. The summed E-state index contributed by atoms with van der Waals surface area (Å²) >= 11 is 0. The normalized spacial score (nSPS) is 17.9. The Balaban J connectivity index is 1.92. The van der Waals surface area contributed by atoms with Crippen LogP contribution in [0.15, 0.2) is 48.3 Å². The molecule has 9 nitrogen and oxygen atoms in total. The maximum atomic E-state index is 14.1. The minimum Gasteiger partial charge on any atom is -0.497 e. The number of aromatic amines is 1. The van der Waals surface area contributed by atoms with Gasteiger partial charge in [-0.05, 0) is 19.1 Å². The number of H-pyrrole nitrogens is 1. The van der Waals surface area contributed by atoms with Gasteiger partial charge in [0.05, 0.1) is 30.9 Å². The van der Waals surface area contributed by atoms with Crippen molar-refractivity contribution in [1.82, 2.24) is 20.6 Å². The Morgan fingerprint density at radius 2 is 1.82 bits per heavy atom. The molecule has 0 aliphatic carbocycles. The number of benzene rings is 2. The van der Waals surface area contributed by atoms with Crippen molar-refractivity contribution >= 4 is 34.0 Å². The molecule has 1 aliphatic heterocycles. The molecule has 4 rings (SSSR count). The number of aromatic nitrogens is 2. The van der Waals surface area contributed by atoms with E-state index < -0.39 is 5.54 Å². The van der Waals surface area contributed by atoms with E-state index in [4.69, 9.17) is 9.47 Å². The van der Waals surface area contributed by atoms with Gasteiger partial charge in [0.25, 0.3) is 0 Å². The van der Waals surface area contributed by atoms with Crippen molar-refractivity contribution in [2.45, 2.75) is 25.8 Å². The molecule has 1 aromatic heterocycles. The Labute approximate surface area is 198 Å². The van der Waals surface area contributed by atoms with E-state index in [1.54, 1.807) is 34.3 Å². The summed E-state index contributed by atoms with van der Waals surface area (Å²) in [5.74, 6) is 1.87. The number of amides is 1. The van der Waals surface area contributed by atoms with Gasteiger partial charge in [-0.2, -0.15) is 0 Å². The highest BCUT2D eigenvalue weighted by Crippen LogP contribution is 2.43. The number of carbonyl (C=O) groups excluding carboxylic acids is 2. The van der Waals surface area contributed by atoms with E-state index in [-0.39, 0.29) is 18.2 Å². The number of carbonyl (C=O) groups is 2. The molecule has 0 radical (unpaired) electrons. The summed E-state index contributed by atoms with van der Waals surface area (Å²) in [7, 11) is 4.90.